The second kappa shape index (κ2) is 3.91. The summed E-state index contributed by atoms with van der Waals surface area (Å²) in [5.74, 6) is 1.01. The Hall–Kier alpha value is -0.540. The summed E-state index contributed by atoms with van der Waals surface area (Å²) in [6, 6.07) is 4.61. The number of benzene rings is 1. The molecule has 76 valence electrons. The normalized spacial score (nSPS) is 19.2. The summed E-state index contributed by atoms with van der Waals surface area (Å²) >= 11 is 3.51. The summed E-state index contributed by atoms with van der Waals surface area (Å²) < 4.78 is 6.73. The predicted octanol–water partition coefficient (Wildman–Crippen LogP) is 2.80. The van der Waals surface area contributed by atoms with Gasteiger partial charge in [0.2, 0.25) is 0 Å². The number of ether oxygens (including phenoxy) is 1. The maximum Gasteiger partial charge on any atom is 0.125 e. The van der Waals surface area contributed by atoms with Crippen LogP contribution in [0.1, 0.15) is 24.1 Å². The van der Waals surface area contributed by atoms with E-state index < -0.39 is 0 Å². The smallest absolute Gasteiger partial charge is 0.125 e. The first-order chi connectivity index (χ1) is 6.72. The molecular formula is C11H14BrNO. The molecule has 0 spiro atoms. The summed E-state index contributed by atoms with van der Waals surface area (Å²) in [6.07, 6.45) is 0. The van der Waals surface area contributed by atoms with Gasteiger partial charge in [-0.2, -0.15) is 0 Å². The highest BCUT2D eigenvalue weighted by Gasteiger charge is 2.23. The summed E-state index contributed by atoms with van der Waals surface area (Å²) in [4.78, 5) is 0. The Morgan fingerprint density at radius 1 is 1.57 bits per heavy atom. The van der Waals surface area contributed by atoms with E-state index in [0.717, 1.165) is 23.4 Å². The van der Waals surface area contributed by atoms with Gasteiger partial charge in [0.15, 0.2) is 0 Å². The van der Waals surface area contributed by atoms with Gasteiger partial charge >= 0.3 is 0 Å². The highest BCUT2D eigenvalue weighted by molar-refractivity contribution is 9.10. The van der Waals surface area contributed by atoms with Crippen molar-refractivity contribution in [3.05, 3.63) is 27.7 Å². The van der Waals surface area contributed by atoms with Crippen molar-refractivity contribution >= 4 is 15.9 Å². The van der Waals surface area contributed by atoms with E-state index in [1.54, 1.807) is 0 Å². The van der Waals surface area contributed by atoms with Crippen molar-refractivity contribution < 1.29 is 4.74 Å². The highest BCUT2D eigenvalue weighted by atomic mass is 79.9. The van der Waals surface area contributed by atoms with Gasteiger partial charge in [0.05, 0.1) is 6.04 Å². The van der Waals surface area contributed by atoms with Crippen LogP contribution < -0.4 is 10.1 Å². The van der Waals surface area contributed by atoms with Gasteiger partial charge in [-0.15, -0.1) is 0 Å². The fourth-order valence-corrected chi connectivity index (χ4v) is 2.08. The zero-order valence-electron chi connectivity index (χ0n) is 8.43. The third-order valence-electron chi connectivity index (χ3n) is 2.52. The van der Waals surface area contributed by atoms with E-state index in [4.69, 9.17) is 4.74 Å². The monoisotopic (exact) mass is 255 g/mol. The van der Waals surface area contributed by atoms with Gasteiger partial charge in [-0.1, -0.05) is 22.9 Å². The Morgan fingerprint density at radius 2 is 2.36 bits per heavy atom. The molecule has 1 aromatic carbocycles. The minimum absolute atomic E-state index is 0.363. The van der Waals surface area contributed by atoms with Crippen LogP contribution in [0.25, 0.3) is 0 Å². The second-order valence-corrected chi connectivity index (χ2v) is 4.41. The lowest BCUT2D eigenvalue weighted by Gasteiger charge is -2.09. The highest BCUT2D eigenvalue weighted by Crippen LogP contribution is 2.36. The molecule has 1 heterocycles. The van der Waals surface area contributed by atoms with Gasteiger partial charge in [0.25, 0.3) is 0 Å². The number of aryl methyl sites for hydroxylation is 1. The molecule has 1 atom stereocenters. The molecule has 0 aliphatic carbocycles. The van der Waals surface area contributed by atoms with Gasteiger partial charge < -0.3 is 10.1 Å². The summed E-state index contributed by atoms with van der Waals surface area (Å²) in [6.45, 7) is 5.94. The first-order valence-electron chi connectivity index (χ1n) is 4.88. The van der Waals surface area contributed by atoms with Crippen molar-refractivity contribution in [2.45, 2.75) is 19.9 Å². The minimum atomic E-state index is 0.363. The molecule has 0 radical (unpaired) electrons. The van der Waals surface area contributed by atoms with E-state index in [2.05, 4.69) is 47.2 Å². The maximum absolute atomic E-state index is 5.61. The van der Waals surface area contributed by atoms with Crippen LogP contribution in [-0.2, 0) is 0 Å². The molecule has 2 nitrogen and oxygen atoms in total. The third kappa shape index (κ3) is 1.66. The molecule has 1 aliphatic heterocycles. The molecule has 0 saturated heterocycles. The number of hydrogen-bond donors (Lipinski definition) is 1. The quantitative estimate of drug-likeness (QED) is 0.878. The molecule has 1 N–H and O–H groups in total. The predicted molar refractivity (Wildman–Crippen MR) is 60.8 cm³/mol. The van der Waals surface area contributed by atoms with Crippen LogP contribution in [0.3, 0.4) is 0 Å². The molecule has 3 heteroatoms. The number of hydrogen-bond acceptors (Lipinski definition) is 2. The third-order valence-corrected chi connectivity index (χ3v) is 3.38. The van der Waals surface area contributed by atoms with E-state index >= 15 is 0 Å². The van der Waals surface area contributed by atoms with Gasteiger partial charge in [0, 0.05) is 10.0 Å². The largest absolute Gasteiger partial charge is 0.491 e. The second-order valence-electron chi connectivity index (χ2n) is 3.56. The lowest BCUT2D eigenvalue weighted by atomic mass is 10.1. The van der Waals surface area contributed by atoms with Crippen LogP contribution in [0.2, 0.25) is 0 Å². The van der Waals surface area contributed by atoms with Crippen molar-refractivity contribution in [3.8, 4) is 5.75 Å². The summed E-state index contributed by atoms with van der Waals surface area (Å²) in [5.41, 5.74) is 2.55. The fraction of sp³-hybridized carbons (Fsp3) is 0.455. The fourth-order valence-electron chi connectivity index (χ4n) is 1.76. The Bertz CT molecular complexity index is 351. The molecule has 1 unspecified atom stereocenters. The van der Waals surface area contributed by atoms with E-state index in [1.165, 1.54) is 11.1 Å². The number of likely N-dealkylation sites (N-methyl/N-ethyl adjacent to an activating group) is 1. The molecule has 14 heavy (non-hydrogen) atoms. The van der Waals surface area contributed by atoms with Gasteiger partial charge in [-0.3, -0.25) is 0 Å². The Kier molecular flexibility index (Phi) is 2.79. The standard InChI is InChI=1S/C11H14BrNO/c1-3-13-10-6-14-11-5-9(12)7(2)4-8(10)11/h4-5,10,13H,3,6H2,1-2H3. The van der Waals surface area contributed by atoms with E-state index in [0.29, 0.717) is 6.04 Å². The average Bonchev–Trinajstić information content (AvgIpc) is 2.51. The van der Waals surface area contributed by atoms with Crippen LogP contribution >= 0.6 is 15.9 Å². The SMILES string of the molecule is CCNC1COc2cc(Br)c(C)cc21. The summed E-state index contributed by atoms with van der Waals surface area (Å²) in [5, 5.41) is 3.41. The lowest BCUT2D eigenvalue weighted by Crippen LogP contribution is -2.21. The van der Waals surface area contributed by atoms with Crippen molar-refractivity contribution in [1.29, 1.82) is 0 Å². The van der Waals surface area contributed by atoms with Crippen molar-refractivity contribution in [3.63, 3.8) is 0 Å². The molecule has 1 aliphatic rings. The minimum Gasteiger partial charge on any atom is -0.491 e. The number of nitrogens with one attached hydrogen (secondary N) is 1. The Labute approximate surface area is 92.8 Å². The number of fused-ring (bicyclic) bond motifs is 1. The van der Waals surface area contributed by atoms with Crippen LogP contribution in [0.15, 0.2) is 16.6 Å². The summed E-state index contributed by atoms with van der Waals surface area (Å²) in [7, 11) is 0. The van der Waals surface area contributed by atoms with Crippen LogP contribution in [-0.4, -0.2) is 13.2 Å². The first kappa shape index (κ1) is 9.99. The molecular weight excluding hydrogens is 242 g/mol. The molecule has 0 aromatic heterocycles. The van der Waals surface area contributed by atoms with Crippen molar-refractivity contribution in [2.24, 2.45) is 0 Å². The zero-order valence-corrected chi connectivity index (χ0v) is 10.0. The molecule has 2 rings (SSSR count). The van der Waals surface area contributed by atoms with Crippen molar-refractivity contribution in [1.82, 2.24) is 5.32 Å². The van der Waals surface area contributed by atoms with Crippen molar-refractivity contribution in [2.75, 3.05) is 13.2 Å². The molecule has 1 aromatic rings. The zero-order chi connectivity index (χ0) is 10.1. The first-order valence-corrected chi connectivity index (χ1v) is 5.68. The molecule has 0 bridgehead atoms. The van der Waals surface area contributed by atoms with Gasteiger partial charge in [0.1, 0.15) is 12.4 Å². The molecule has 0 fully saturated rings. The maximum atomic E-state index is 5.61. The van der Waals surface area contributed by atoms with Gasteiger partial charge in [-0.25, -0.2) is 0 Å². The topological polar surface area (TPSA) is 21.3 Å². The lowest BCUT2D eigenvalue weighted by molar-refractivity contribution is 0.313. The van der Waals surface area contributed by atoms with Crippen LogP contribution in [0.4, 0.5) is 0 Å². The van der Waals surface area contributed by atoms with E-state index in [1.807, 2.05) is 0 Å². The average molecular weight is 256 g/mol. The Morgan fingerprint density at radius 3 is 3.07 bits per heavy atom. The molecule has 0 saturated carbocycles. The van der Waals surface area contributed by atoms with Crippen LogP contribution in [0.5, 0.6) is 5.75 Å². The van der Waals surface area contributed by atoms with E-state index in [9.17, 15) is 0 Å². The number of rotatable bonds is 2. The Balaban J connectivity index is 2.35. The molecule has 0 amide bonds. The number of halogens is 1. The van der Waals surface area contributed by atoms with E-state index in [-0.39, 0.29) is 0 Å². The van der Waals surface area contributed by atoms with Gasteiger partial charge in [-0.05, 0) is 31.2 Å². The van der Waals surface area contributed by atoms with Crippen LogP contribution in [0, 0.1) is 6.92 Å².